The lowest BCUT2D eigenvalue weighted by Gasteiger charge is -2.32. The average Bonchev–Trinajstić information content (AvgIpc) is 3.33. The number of imidazole rings is 1. The van der Waals surface area contributed by atoms with Crippen LogP contribution in [0.3, 0.4) is 0 Å². The lowest BCUT2D eigenvalue weighted by atomic mass is 9.95. The molecule has 1 aromatic carbocycles. The maximum absolute atomic E-state index is 13.3. The van der Waals surface area contributed by atoms with Crippen molar-refractivity contribution in [2.75, 3.05) is 13.1 Å². The van der Waals surface area contributed by atoms with E-state index in [1.54, 1.807) is 0 Å². The predicted octanol–water partition coefficient (Wildman–Crippen LogP) is 4.52. The van der Waals surface area contributed by atoms with Gasteiger partial charge in [0.05, 0.1) is 11.9 Å². The number of furan rings is 1. The fourth-order valence-corrected chi connectivity index (χ4v) is 4.01. The normalized spacial score (nSPS) is 15.5. The number of para-hydroxylation sites is 1. The van der Waals surface area contributed by atoms with Crippen molar-refractivity contribution in [1.29, 1.82) is 0 Å². The standard InChI is InChI=1S/C22H27N3O2/c1-2-3-7-20-21(18-6-4-5-8-19(18)27-20)22(26)25-12-9-17(10-13-25)15-24-14-11-23-16-24/h4-6,8,11,14,16-17H,2-3,7,9-10,12-13,15H2,1H3. The van der Waals surface area contributed by atoms with Crippen molar-refractivity contribution in [3.63, 3.8) is 0 Å². The summed E-state index contributed by atoms with van der Waals surface area (Å²) in [5.41, 5.74) is 1.61. The molecule has 0 unspecified atom stereocenters. The molecule has 1 saturated heterocycles. The maximum atomic E-state index is 13.3. The molecule has 3 heterocycles. The molecular weight excluding hydrogens is 338 g/mol. The number of carbonyl (C=O) groups excluding carboxylic acids is 1. The molecule has 0 N–H and O–H groups in total. The highest BCUT2D eigenvalue weighted by Crippen LogP contribution is 2.30. The first-order valence-electron chi connectivity index (χ1n) is 10.0. The molecule has 5 nitrogen and oxygen atoms in total. The van der Waals surface area contributed by atoms with E-state index in [-0.39, 0.29) is 5.91 Å². The molecule has 5 heteroatoms. The molecule has 0 saturated carbocycles. The minimum absolute atomic E-state index is 0.132. The topological polar surface area (TPSA) is 51.3 Å². The summed E-state index contributed by atoms with van der Waals surface area (Å²) in [5.74, 6) is 1.58. The largest absolute Gasteiger partial charge is 0.460 e. The van der Waals surface area contributed by atoms with Gasteiger partial charge in [-0.2, -0.15) is 0 Å². The number of likely N-dealkylation sites (tertiary alicyclic amines) is 1. The lowest BCUT2D eigenvalue weighted by Crippen LogP contribution is -2.39. The van der Waals surface area contributed by atoms with Crippen LogP contribution in [0, 0.1) is 5.92 Å². The lowest BCUT2D eigenvalue weighted by molar-refractivity contribution is 0.0682. The van der Waals surface area contributed by atoms with Gasteiger partial charge in [0, 0.05) is 43.8 Å². The molecule has 27 heavy (non-hydrogen) atoms. The number of amides is 1. The highest BCUT2D eigenvalue weighted by Gasteiger charge is 2.28. The van der Waals surface area contributed by atoms with Crippen LogP contribution in [0.5, 0.6) is 0 Å². The molecule has 1 amide bonds. The van der Waals surface area contributed by atoms with Crippen LogP contribution < -0.4 is 0 Å². The van der Waals surface area contributed by atoms with Crippen molar-refractivity contribution in [2.45, 2.75) is 45.6 Å². The number of rotatable bonds is 6. The molecule has 0 aliphatic carbocycles. The van der Waals surface area contributed by atoms with Gasteiger partial charge in [0.25, 0.3) is 5.91 Å². The third-order valence-electron chi connectivity index (χ3n) is 5.57. The van der Waals surface area contributed by atoms with Crippen molar-refractivity contribution in [2.24, 2.45) is 5.92 Å². The molecule has 2 aromatic heterocycles. The summed E-state index contributed by atoms with van der Waals surface area (Å²) in [6.45, 7) is 4.77. The Morgan fingerprint density at radius 3 is 2.81 bits per heavy atom. The first-order valence-corrected chi connectivity index (χ1v) is 10.0. The number of nitrogens with zero attached hydrogens (tertiary/aromatic N) is 3. The van der Waals surface area contributed by atoms with E-state index in [9.17, 15) is 4.79 Å². The second-order valence-corrected chi connectivity index (χ2v) is 7.50. The van der Waals surface area contributed by atoms with Gasteiger partial charge in [-0.25, -0.2) is 4.98 Å². The highest BCUT2D eigenvalue weighted by atomic mass is 16.3. The summed E-state index contributed by atoms with van der Waals surface area (Å²) in [5, 5.41) is 0.953. The van der Waals surface area contributed by atoms with Crippen LogP contribution in [-0.2, 0) is 13.0 Å². The van der Waals surface area contributed by atoms with Gasteiger partial charge < -0.3 is 13.9 Å². The summed E-state index contributed by atoms with van der Waals surface area (Å²) in [6.07, 6.45) is 10.7. The van der Waals surface area contributed by atoms with Crippen LogP contribution >= 0.6 is 0 Å². The van der Waals surface area contributed by atoms with Gasteiger partial charge in [-0.3, -0.25) is 4.79 Å². The Bertz CT molecular complexity index is 890. The van der Waals surface area contributed by atoms with E-state index in [2.05, 4.69) is 16.5 Å². The molecule has 0 spiro atoms. The second kappa shape index (κ2) is 7.99. The zero-order valence-corrected chi connectivity index (χ0v) is 15.9. The summed E-state index contributed by atoms with van der Waals surface area (Å²) >= 11 is 0. The van der Waals surface area contributed by atoms with Crippen molar-refractivity contribution in [3.05, 3.63) is 54.3 Å². The Kier molecular flexibility index (Phi) is 5.28. The van der Waals surface area contributed by atoms with E-state index in [4.69, 9.17) is 4.42 Å². The Morgan fingerprint density at radius 1 is 1.26 bits per heavy atom. The maximum Gasteiger partial charge on any atom is 0.258 e. The smallest absolute Gasteiger partial charge is 0.258 e. The van der Waals surface area contributed by atoms with Gasteiger partial charge in [-0.15, -0.1) is 0 Å². The van der Waals surface area contributed by atoms with Crippen LogP contribution in [-0.4, -0.2) is 33.4 Å². The first kappa shape index (κ1) is 17.8. The fraction of sp³-hybridized carbons (Fsp3) is 0.455. The van der Waals surface area contributed by atoms with E-state index in [0.717, 1.165) is 74.0 Å². The van der Waals surface area contributed by atoms with Crippen LogP contribution in [0.25, 0.3) is 11.0 Å². The van der Waals surface area contributed by atoms with Gasteiger partial charge in [0.2, 0.25) is 0 Å². The predicted molar refractivity (Wildman–Crippen MR) is 106 cm³/mol. The van der Waals surface area contributed by atoms with E-state index in [1.807, 2.05) is 47.9 Å². The van der Waals surface area contributed by atoms with E-state index in [1.165, 1.54) is 0 Å². The monoisotopic (exact) mass is 365 g/mol. The Balaban J connectivity index is 1.49. The summed E-state index contributed by atoms with van der Waals surface area (Å²) in [4.78, 5) is 19.5. The minimum atomic E-state index is 0.132. The van der Waals surface area contributed by atoms with Gasteiger partial charge in [0.1, 0.15) is 11.3 Å². The van der Waals surface area contributed by atoms with Crippen LogP contribution in [0.2, 0.25) is 0 Å². The minimum Gasteiger partial charge on any atom is -0.460 e. The average molecular weight is 365 g/mol. The number of aromatic nitrogens is 2. The molecular formula is C22H27N3O2. The first-order chi connectivity index (χ1) is 13.3. The third kappa shape index (κ3) is 3.77. The van der Waals surface area contributed by atoms with Gasteiger partial charge in [0.15, 0.2) is 0 Å². The van der Waals surface area contributed by atoms with E-state index >= 15 is 0 Å². The summed E-state index contributed by atoms with van der Waals surface area (Å²) in [7, 11) is 0. The molecule has 142 valence electrons. The SMILES string of the molecule is CCCCc1oc2ccccc2c1C(=O)N1CCC(Cn2ccnc2)CC1. The number of aryl methyl sites for hydroxylation is 1. The number of fused-ring (bicyclic) bond motifs is 1. The molecule has 4 rings (SSSR count). The van der Waals surface area contributed by atoms with Gasteiger partial charge >= 0.3 is 0 Å². The molecule has 0 atom stereocenters. The van der Waals surface area contributed by atoms with Crippen molar-refractivity contribution in [3.8, 4) is 0 Å². The Labute approximate surface area is 160 Å². The number of benzene rings is 1. The van der Waals surface area contributed by atoms with Crippen LogP contribution in [0.1, 0.15) is 48.7 Å². The molecule has 1 fully saturated rings. The molecule has 0 bridgehead atoms. The summed E-state index contributed by atoms with van der Waals surface area (Å²) < 4.78 is 8.18. The zero-order valence-electron chi connectivity index (χ0n) is 15.9. The fourth-order valence-electron chi connectivity index (χ4n) is 4.01. The zero-order chi connectivity index (χ0) is 18.6. The number of hydrogen-bond acceptors (Lipinski definition) is 3. The third-order valence-corrected chi connectivity index (χ3v) is 5.57. The summed E-state index contributed by atoms with van der Waals surface area (Å²) in [6, 6.07) is 7.91. The quantitative estimate of drug-likeness (QED) is 0.645. The van der Waals surface area contributed by atoms with Crippen molar-refractivity contribution in [1.82, 2.24) is 14.5 Å². The van der Waals surface area contributed by atoms with Gasteiger partial charge in [-0.05, 0) is 31.2 Å². The van der Waals surface area contributed by atoms with Gasteiger partial charge in [-0.1, -0.05) is 31.5 Å². The Morgan fingerprint density at radius 2 is 2.07 bits per heavy atom. The number of hydrogen-bond donors (Lipinski definition) is 0. The van der Waals surface area contributed by atoms with Crippen LogP contribution in [0.4, 0.5) is 0 Å². The molecule has 0 radical (unpaired) electrons. The number of carbonyl (C=O) groups is 1. The molecule has 3 aromatic rings. The van der Waals surface area contributed by atoms with E-state index in [0.29, 0.717) is 5.92 Å². The van der Waals surface area contributed by atoms with Crippen LogP contribution in [0.15, 0.2) is 47.4 Å². The van der Waals surface area contributed by atoms with E-state index < -0.39 is 0 Å². The Hall–Kier alpha value is -2.56. The molecule has 1 aliphatic rings. The highest BCUT2D eigenvalue weighted by molar-refractivity contribution is 6.07. The number of unbranched alkanes of at least 4 members (excludes halogenated alkanes) is 1. The van der Waals surface area contributed by atoms with Crippen molar-refractivity contribution < 1.29 is 9.21 Å². The van der Waals surface area contributed by atoms with Crippen molar-refractivity contribution >= 4 is 16.9 Å². The number of piperidine rings is 1. The molecule has 1 aliphatic heterocycles. The second-order valence-electron chi connectivity index (χ2n) is 7.50.